The smallest absolute Gasteiger partial charge is 0.260 e. The lowest BCUT2D eigenvalue weighted by Crippen LogP contribution is -2.31. The normalized spacial score (nSPS) is 16.6. The Balaban J connectivity index is 1.94. The van der Waals surface area contributed by atoms with Gasteiger partial charge in [-0.2, -0.15) is 0 Å². The number of likely N-dealkylation sites (N-methyl/N-ethyl adjacent to an activating group) is 1. The van der Waals surface area contributed by atoms with Crippen molar-refractivity contribution in [2.75, 3.05) is 26.7 Å². The van der Waals surface area contributed by atoms with Crippen molar-refractivity contribution in [2.45, 2.75) is 39.2 Å². The first-order valence-electron chi connectivity index (χ1n) is 7.88. The zero-order valence-corrected chi connectivity index (χ0v) is 13.3. The molecule has 0 heterocycles. The number of amides is 1. The van der Waals surface area contributed by atoms with Crippen molar-refractivity contribution in [3.63, 3.8) is 0 Å². The molecular weight excluding hydrogens is 264 g/mol. The number of nitrogens with zero attached hydrogens (tertiary/aromatic N) is 1. The quantitative estimate of drug-likeness (QED) is 0.839. The van der Waals surface area contributed by atoms with Gasteiger partial charge in [-0.15, -0.1) is 0 Å². The molecule has 0 aromatic heterocycles. The molecule has 0 bridgehead atoms. The number of benzene rings is 1. The van der Waals surface area contributed by atoms with Crippen molar-refractivity contribution in [2.24, 2.45) is 0 Å². The standard InChI is InChI=1S/C17H26N2O2/c1-4-10-18-16-9-6-13-11-14(7-8-15(13)16)21-12-17(20)19(3)5-2/h7-8,11,16,18H,4-6,9-10,12H2,1-3H3. The number of ether oxygens (including phenoxy) is 1. The molecule has 0 radical (unpaired) electrons. The maximum Gasteiger partial charge on any atom is 0.260 e. The first-order chi connectivity index (χ1) is 10.2. The summed E-state index contributed by atoms with van der Waals surface area (Å²) in [6.07, 6.45) is 3.38. The molecule has 0 spiro atoms. The van der Waals surface area contributed by atoms with Gasteiger partial charge in [0, 0.05) is 19.6 Å². The molecule has 1 aliphatic carbocycles. The summed E-state index contributed by atoms with van der Waals surface area (Å²) in [5, 5.41) is 3.58. The lowest BCUT2D eigenvalue weighted by atomic mass is 10.1. The first-order valence-corrected chi connectivity index (χ1v) is 7.88. The Morgan fingerprint density at radius 3 is 2.95 bits per heavy atom. The fraction of sp³-hybridized carbons (Fsp3) is 0.588. The van der Waals surface area contributed by atoms with Gasteiger partial charge in [0.1, 0.15) is 5.75 Å². The van der Waals surface area contributed by atoms with Crippen molar-refractivity contribution < 1.29 is 9.53 Å². The highest BCUT2D eigenvalue weighted by Crippen LogP contribution is 2.33. The van der Waals surface area contributed by atoms with Crippen LogP contribution in [0.25, 0.3) is 0 Å². The van der Waals surface area contributed by atoms with E-state index < -0.39 is 0 Å². The molecule has 1 aromatic rings. The Bertz CT molecular complexity index is 488. The molecule has 0 aliphatic heterocycles. The summed E-state index contributed by atoms with van der Waals surface area (Å²) in [6, 6.07) is 6.67. The van der Waals surface area contributed by atoms with Crippen LogP contribution in [-0.4, -0.2) is 37.6 Å². The molecule has 1 aromatic carbocycles. The van der Waals surface area contributed by atoms with E-state index in [0.29, 0.717) is 12.6 Å². The number of fused-ring (bicyclic) bond motifs is 1. The monoisotopic (exact) mass is 290 g/mol. The largest absolute Gasteiger partial charge is 0.484 e. The van der Waals surface area contributed by atoms with Gasteiger partial charge in [0.2, 0.25) is 0 Å². The minimum atomic E-state index is 0.0143. The summed E-state index contributed by atoms with van der Waals surface area (Å²) in [5.41, 5.74) is 2.73. The van der Waals surface area contributed by atoms with Crippen LogP contribution in [0.3, 0.4) is 0 Å². The number of nitrogens with one attached hydrogen (secondary N) is 1. The van der Waals surface area contributed by atoms with Crippen LogP contribution in [0.2, 0.25) is 0 Å². The lowest BCUT2D eigenvalue weighted by Gasteiger charge is -2.16. The molecule has 0 saturated carbocycles. The lowest BCUT2D eigenvalue weighted by molar-refractivity contribution is -0.131. The second-order valence-corrected chi connectivity index (χ2v) is 5.60. The van der Waals surface area contributed by atoms with E-state index in [1.54, 1.807) is 11.9 Å². The van der Waals surface area contributed by atoms with Gasteiger partial charge in [-0.1, -0.05) is 13.0 Å². The Morgan fingerprint density at radius 2 is 2.24 bits per heavy atom. The van der Waals surface area contributed by atoms with Crippen LogP contribution in [0.5, 0.6) is 5.75 Å². The number of hydrogen-bond acceptors (Lipinski definition) is 3. The summed E-state index contributed by atoms with van der Waals surface area (Å²) in [7, 11) is 1.79. The molecule has 1 amide bonds. The fourth-order valence-corrected chi connectivity index (χ4v) is 2.65. The molecule has 1 N–H and O–H groups in total. The van der Waals surface area contributed by atoms with Crippen molar-refractivity contribution in [3.8, 4) is 5.75 Å². The van der Waals surface area contributed by atoms with Crippen LogP contribution >= 0.6 is 0 Å². The van der Waals surface area contributed by atoms with E-state index in [1.807, 2.05) is 13.0 Å². The van der Waals surface area contributed by atoms with E-state index >= 15 is 0 Å². The van der Waals surface area contributed by atoms with Gasteiger partial charge in [0.15, 0.2) is 6.61 Å². The maximum atomic E-state index is 11.7. The predicted octanol–water partition coefficient (Wildman–Crippen LogP) is 2.53. The fourth-order valence-electron chi connectivity index (χ4n) is 2.65. The van der Waals surface area contributed by atoms with Crippen molar-refractivity contribution in [1.29, 1.82) is 0 Å². The van der Waals surface area contributed by atoms with Gasteiger partial charge in [-0.3, -0.25) is 4.79 Å². The second kappa shape index (κ2) is 7.46. The van der Waals surface area contributed by atoms with Crippen molar-refractivity contribution >= 4 is 5.91 Å². The van der Waals surface area contributed by atoms with E-state index in [4.69, 9.17) is 4.74 Å². The van der Waals surface area contributed by atoms with Gasteiger partial charge in [0.05, 0.1) is 0 Å². The molecule has 0 saturated heterocycles. The van der Waals surface area contributed by atoms with Gasteiger partial charge < -0.3 is 15.0 Å². The van der Waals surface area contributed by atoms with Gasteiger partial charge >= 0.3 is 0 Å². The third-order valence-electron chi connectivity index (χ3n) is 4.10. The van der Waals surface area contributed by atoms with Gasteiger partial charge in [0.25, 0.3) is 5.91 Å². The Morgan fingerprint density at radius 1 is 1.43 bits per heavy atom. The molecule has 0 fully saturated rings. The molecule has 1 aliphatic rings. The number of carbonyl (C=O) groups excluding carboxylic acids is 1. The van der Waals surface area contributed by atoms with Crippen molar-refractivity contribution in [1.82, 2.24) is 10.2 Å². The zero-order chi connectivity index (χ0) is 15.2. The Hall–Kier alpha value is -1.55. The highest BCUT2D eigenvalue weighted by Gasteiger charge is 2.22. The van der Waals surface area contributed by atoms with Crippen LogP contribution in [0, 0.1) is 0 Å². The molecule has 2 rings (SSSR count). The Kier molecular flexibility index (Phi) is 5.62. The summed E-state index contributed by atoms with van der Waals surface area (Å²) in [4.78, 5) is 13.4. The van der Waals surface area contributed by atoms with Crippen LogP contribution in [0.1, 0.15) is 43.9 Å². The minimum absolute atomic E-state index is 0.0143. The summed E-state index contributed by atoms with van der Waals surface area (Å²) in [6.45, 7) is 6.01. The SMILES string of the molecule is CCCNC1CCc2cc(OCC(=O)N(C)CC)ccc21. The van der Waals surface area contributed by atoms with E-state index in [2.05, 4.69) is 24.4 Å². The molecule has 1 unspecified atom stereocenters. The third-order valence-corrected chi connectivity index (χ3v) is 4.10. The maximum absolute atomic E-state index is 11.7. The second-order valence-electron chi connectivity index (χ2n) is 5.60. The van der Waals surface area contributed by atoms with Crippen molar-refractivity contribution in [3.05, 3.63) is 29.3 Å². The molecule has 116 valence electrons. The number of rotatable bonds is 7. The first kappa shape index (κ1) is 15.8. The molecule has 4 nitrogen and oxygen atoms in total. The topological polar surface area (TPSA) is 41.6 Å². The van der Waals surface area contributed by atoms with E-state index in [1.165, 1.54) is 11.1 Å². The summed E-state index contributed by atoms with van der Waals surface area (Å²) in [5.74, 6) is 0.809. The minimum Gasteiger partial charge on any atom is -0.484 e. The van der Waals surface area contributed by atoms with Crippen LogP contribution < -0.4 is 10.1 Å². The highest BCUT2D eigenvalue weighted by molar-refractivity contribution is 5.77. The third kappa shape index (κ3) is 3.97. The van der Waals surface area contributed by atoms with Crippen LogP contribution in [-0.2, 0) is 11.2 Å². The summed E-state index contributed by atoms with van der Waals surface area (Å²) >= 11 is 0. The van der Waals surface area contributed by atoms with Crippen LogP contribution in [0.15, 0.2) is 18.2 Å². The molecular formula is C17H26N2O2. The van der Waals surface area contributed by atoms with Gasteiger partial charge in [-0.25, -0.2) is 0 Å². The average molecular weight is 290 g/mol. The summed E-state index contributed by atoms with van der Waals surface area (Å²) < 4.78 is 5.62. The molecule has 21 heavy (non-hydrogen) atoms. The Labute approximate surface area is 127 Å². The number of aryl methyl sites for hydroxylation is 1. The average Bonchev–Trinajstić information content (AvgIpc) is 2.91. The van der Waals surface area contributed by atoms with E-state index in [0.717, 1.165) is 31.6 Å². The zero-order valence-electron chi connectivity index (χ0n) is 13.3. The molecule has 1 atom stereocenters. The highest BCUT2D eigenvalue weighted by atomic mass is 16.5. The number of hydrogen-bond donors (Lipinski definition) is 1. The number of carbonyl (C=O) groups is 1. The predicted molar refractivity (Wildman–Crippen MR) is 84.6 cm³/mol. The van der Waals surface area contributed by atoms with Crippen LogP contribution in [0.4, 0.5) is 0 Å². The van der Waals surface area contributed by atoms with E-state index in [-0.39, 0.29) is 12.5 Å². The van der Waals surface area contributed by atoms with Gasteiger partial charge in [-0.05, 0) is 56.0 Å². The van der Waals surface area contributed by atoms with E-state index in [9.17, 15) is 4.79 Å². The molecule has 4 heteroatoms.